The van der Waals surface area contributed by atoms with Crippen LogP contribution in [-0.2, 0) is 4.79 Å². The lowest BCUT2D eigenvalue weighted by Gasteiger charge is -2.25. The second kappa shape index (κ2) is 6.08. The largest absolute Gasteiger partial charge is 0.381 e. The molecule has 0 aliphatic rings. The lowest BCUT2D eigenvalue weighted by Crippen LogP contribution is -2.49. The summed E-state index contributed by atoms with van der Waals surface area (Å²) < 4.78 is 0. The Morgan fingerprint density at radius 2 is 1.87 bits per heavy atom. The summed E-state index contributed by atoms with van der Waals surface area (Å²) in [6.07, 6.45) is 0. The van der Waals surface area contributed by atoms with Gasteiger partial charge in [0.05, 0.1) is 0 Å². The van der Waals surface area contributed by atoms with E-state index in [-0.39, 0.29) is 11.9 Å². The number of likely N-dealkylation sites (N-methyl/N-ethyl adjacent to an activating group) is 1. The highest BCUT2D eigenvalue weighted by atomic mass is 16.3. The number of amides is 1. The van der Waals surface area contributed by atoms with Gasteiger partial charge in [-0.05, 0) is 33.9 Å². The summed E-state index contributed by atoms with van der Waals surface area (Å²) in [4.78, 5) is 13.7. The number of carbonyl (C=O) groups is 1. The van der Waals surface area contributed by atoms with E-state index >= 15 is 0 Å². The molecule has 0 saturated carbocycles. The highest BCUT2D eigenvalue weighted by Crippen LogP contribution is 2.01. The number of aliphatic hydroxyl groups is 1. The number of hydrogen-bond donors (Lipinski definition) is 2. The van der Waals surface area contributed by atoms with Gasteiger partial charge in [0.2, 0.25) is 0 Å². The third-order valence-electron chi connectivity index (χ3n) is 2.36. The highest BCUT2D eigenvalue weighted by Gasteiger charge is 2.25. The van der Waals surface area contributed by atoms with Gasteiger partial charge >= 0.3 is 0 Å². The molecule has 0 saturated heterocycles. The first kappa shape index (κ1) is 14.4. The predicted molar refractivity (Wildman–Crippen MR) is 61.7 cm³/mol. The summed E-state index contributed by atoms with van der Waals surface area (Å²) in [6.45, 7) is 11.9. The van der Waals surface area contributed by atoms with Crippen molar-refractivity contribution < 1.29 is 9.90 Å². The zero-order chi connectivity index (χ0) is 12.1. The van der Waals surface area contributed by atoms with E-state index in [0.29, 0.717) is 0 Å². The van der Waals surface area contributed by atoms with E-state index in [9.17, 15) is 9.90 Å². The molecule has 0 fully saturated rings. The normalized spacial score (nSPS) is 14.1. The molecule has 0 aliphatic carbocycles. The van der Waals surface area contributed by atoms with Crippen LogP contribution in [0.15, 0.2) is 0 Å². The van der Waals surface area contributed by atoms with Gasteiger partial charge in [0.25, 0.3) is 5.91 Å². The Balaban J connectivity index is 4.03. The molecule has 0 aromatic carbocycles. The molecule has 0 spiro atoms. The molecule has 0 rings (SSSR count). The van der Waals surface area contributed by atoms with Crippen LogP contribution in [-0.4, -0.2) is 47.2 Å². The van der Waals surface area contributed by atoms with Crippen LogP contribution in [0.4, 0.5) is 0 Å². The van der Waals surface area contributed by atoms with Crippen molar-refractivity contribution in [1.82, 2.24) is 10.2 Å². The van der Waals surface area contributed by atoms with Crippen molar-refractivity contribution in [2.45, 2.75) is 46.3 Å². The molecule has 0 radical (unpaired) electrons. The molecular weight excluding hydrogens is 192 g/mol. The summed E-state index contributed by atoms with van der Waals surface area (Å²) in [5.74, 6) is -0.317. The van der Waals surface area contributed by atoms with Crippen molar-refractivity contribution in [1.29, 1.82) is 0 Å². The molecule has 4 heteroatoms. The van der Waals surface area contributed by atoms with E-state index in [1.54, 1.807) is 0 Å². The van der Waals surface area contributed by atoms with Crippen LogP contribution in [0, 0.1) is 0 Å². The third kappa shape index (κ3) is 5.74. The number of hydrogen-bond acceptors (Lipinski definition) is 3. The minimum atomic E-state index is -1.29. The first-order valence-corrected chi connectivity index (χ1v) is 5.56. The minimum Gasteiger partial charge on any atom is -0.381 e. The number of nitrogens with zero attached hydrogens (tertiary/aromatic N) is 1. The second-order valence-electron chi connectivity index (χ2n) is 4.42. The fourth-order valence-corrected chi connectivity index (χ4v) is 1.32. The quantitative estimate of drug-likeness (QED) is 0.684. The fourth-order valence-electron chi connectivity index (χ4n) is 1.32. The van der Waals surface area contributed by atoms with Gasteiger partial charge in [0.1, 0.15) is 5.60 Å². The Hall–Kier alpha value is -0.610. The van der Waals surface area contributed by atoms with Crippen molar-refractivity contribution in [3.05, 3.63) is 0 Å². The molecule has 1 atom stereocenters. The Kier molecular flexibility index (Phi) is 5.83. The molecule has 0 bridgehead atoms. The average Bonchev–Trinajstić information content (AvgIpc) is 2.12. The van der Waals surface area contributed by atoms with Crippen LogP contribution in [0.5, 0.6) is 0 Å². The average molecular weight is 216 g/mol. The van der Waals surface area contributed by atoms with Crippen LogP contribution in [0.2, 0.25) is 0 Å². The Bertz CT molecular complexity index is 195. The maximum absolute atomic E-state index is 11.5. The standard InChI is InChI=1S/C11H24N2O2/c1-6-13(7-2)8-9(3)12-10(14)11(4,5)15/h9,15H,6-8H2,1-5H3,(H,12,14). The third-order valence-corrected chi connectivity index (χ3v) is 2.36. The lowest BCUT2D eigenvalue weighted by atomic mass is 10.1. The molecule has 0 heterocycles. The van der Waals surface area contributed by atoms with Crippen molar-refractivity contribution >= 4 is 5.91 Å². The Morgan fingerprint density at radius 3 is 2.20 bits per heavy atom. The van der Waals surface area contributed by atoms with Gasteiger partial charge in [-0.15, -0.1) is 0 Å². The van der Waals surface area contributed by atoms with Gasteiger partial charge < -0.3 is 15.3 Å². The van der Waals surface area contributed by atoms with E-state index < -0.39 is 5.60 Å². The van der Waals surface area contributed by atoms with Gasteiger partial charge in [-0.2, -0.15) is 0 Å². The molecule has 2 N–H and O–H groups in total. The topological polar surface area (TPSA) is 52.6 Å². The lowest BCUT2D eigenvalue weighted by molar-refractivity contribution is -0.137. The van der Waals surface area contributed by atoms with Crippen LogP contribution in [0.1, 0.15) is 34.6 Å². The maximum atomic E-state index is 11.5. The van der Waals surface area contributed by atoms with Gasteiger partial charge in [-0.25, -0.2) is 0 Å². The Morgan fingerprint density at radius 1 is 1.40 bits per heavy atom. The van der Waals surface area contributed by atoms with E-state index in [4.69, 9.17) is 0 Å². The van der Waals surface area contributed by atoms with Gasteiger partial charge in [-0.1, -0.05) is 13.8 Å². The van der Waals surface area contributed by atoms with Crippen LogP contribution in [0.25, 0.3) is 0 Å². The molecule has 15 heavy (non-hydrogen) atoms. The molecule has 0 aliphatic heterocycles. The molecule has 0 aromatic heterocycles. The molecule has 1 amide bonds. The molecule has 4 nitrogen and oxygen atoms in total. The minimum absolute atomic E-state index is 0.0591. The highest BCUT2D eigenvalue weighted by molar-refractivity contribution is 5.84. The van der Waals surface area contributed by atoms with E-state index in [1.165, 1.54) is 13.8 Å². The molecule has 90 valence electrons. The van der Waals surface area contributed by atoms with E-state index in [1.807, 2.05) is 6.92 Å². The monoisotopic (exact) mass is 216 g/mol. The van der Waals surface area contributed by atoms with Crippen molar-refractivity contribution in [2.24, 2.45) is 0 Å². The van der Waals surface area contributed by atoms with Crippen molar-refractivity contribution in [2.75, 3.05) is 19.6 Å². The number of carbonyl (C=O) groups excluding carboxylic acids is 1. The first-order valence-electron chi connectivity index (χ1n) is 5.56. The van der Waals surface area contributed by atoms with Gasteiger partial charge in [-0.3, -0.25) is 4.79 Å². The smallest absolute Gasteiger partial charge is 0.251 e. The van der Waals surface area contributed by atoms with Crippen molar-refractivity contribution in [3.8, 4) is 0 Å². The molecule has 1 unspecified atom stereocenters. The van der Waals surface area contributed by atoms with Crippen LogP contribution >= 0.6 is 0 Å². The van der Waals surface area contributed by atoms with Gasteiger partial charge in [0.15, 0.2) is 0 Å². The molecule has 0 aromatic rings. The summed E-state index contributed by atoms with van der Waals surface area (Å²) in [5, 5.41) is 12.2. The van der Waals surface area contributed by atoms with E-state index in [2.05, 4.69) is 24.1 Å². The van der Waals surface area contributed by atoms with Crippen LogP contribution in [0.3, 0.4) is 0 Å². The number of nitrogens with one attached hydrogen (secondary N) is 1. The number of rotatable bonds is 6. The van der Waals surface area contributed by atoms with E-state index in [0.717, 1.165) is 19.6 Å². The van der Waals surface area contributed by atoms with Crippen LogP contribution < -0.4 is 5.32 Å². The summed E-state index contributed by atoms with van der Waals surface area (Å²) in [5.41, 5.74) is -1.29. The van der Waals surface area contributed by atoms with Gasteiger partial charge in [0, 0.05) is 12.6 Å². The fraction of sp³-hybridized carbons (Fsp3) is 0.909. The SMILES string of the molecule is CCN(CC)CC(C)NC(=O)C(C)(C)O. The summed E-state index contributed by atoms with van der Waals surface area (Å²) in [6, 6.07) is 0.0591. The Labute approximate surface area is 92.7 Å². The second-order valence-corrected chi connectivity index (χ2v) is 4.42. The first-order chi connectivity index (χ1) is 6.81. The predicted octanol–water partition coefficient (Wildman–Crippen LogP) is 0.604. The van der Waals surface area contributed by atoms with Crippen molar-refractivity contribution in [3.63, 3.8) is 0 Å². The summed E-state index contributed by atoms with van der Waals surface area (Å²) in [7, 11) is 0. The molecular formula is C11H24N2O2. The summed E-state index contributed by atoms with van der Waals surface area (Å²) >= 11 is 0. The zero-order valence-corrected chi connectivity index (χ0v) is 10.5. The zero-order valence-electron chi connectivity index (χ0n) is 10.5. The maximum Gasteiger partial charge on any atom is 0.251 e.